The number of carbonyl (C=O) groups excluding carboxylic acids is 2. The van der Waals surface area contributed by atoms with Gasteiger partial charge in [0.2, 0.25) is 11.8 Å². The number of likely N-dealkylation sites (N-methyl/N-ethyl adjacent to an activating group) is 1. The molecule has 6 heteroatoms. The first-order valence-corrected chi connectivity index (χ1v) is 6.43. The third-order valence-electron chi connectivity index (χ3n) is 3.25. The van der Waals surface area contributed by atoms with E-state index in [9.17, 15) is 9.59 Å². The summed E-state index contributed by atoms with van der Waals surface area (Å²) >= 11 is 0. The van der Waals surface area contributed by atoms with E-state index in [1.807, 2.05) is 0 Å². The summed E-state index contributed by atoms with van der Waals surface area (Å²) in [6, 6.07) is 0.440. The van der Waals surface area contributed by atoms with Crippen molar-refractivity contribution in [2.24, 2.45) is 5.73 Å². The monoisotopic (exact) mass is 256 g/mol. The maximum Gasteiger partial charge on any atom is 0.236 e. The number of primary amides is 1. The molecule has 0 aromatic rings. The van der Waals surface area contributed by atoms with E-state index in [0.29, 0.717) is 25.6 Å². The smallest absolute Gasteiger partial charge is 0.236 e. The summed E-state index contributed by atoms with van der Waals surface area (Å²) in [5.74, 6) is -0.119. The van der Waals surface area contributed by atoms with Gasteiger partial charge in [0, 0.05) is 46.2 Å². The molecule has 6 nitrogen and oxygen atoms in total. The molecule has 0 aromatic heterocycles. The Morgan fingerprint density at radius 2 is 1.94 bits per heavy atom. The number of rotatable bonds is 6. The van der Waals surface area contributed by atoms with E-state index in [0.717, 1.165) is 25.9 Å². The molecule has 0 saturated carbocycles. The van der Waals surface area contributed by atoms with Gasteiger partial charge in [0.05, 0.1) is 6.54 Å². The molecule has 1 heterocycles. The van der Waals surface area contributed by atoms with Gasteiger partial charge < -0.3 is 16.0 Å². The van der Waals surface area contributed by atoms with Crippen LogP contribution in [-0.4, -0.2) is 67.9 Å². The molecule has 1 aliphatic rings. The first-order valence-electron chi connectivity index (χ1n) is 6.43. The van der Waals surface area contributed by atoms with Crippen molar-refractivity contribution in [3.63, 3.8) is 0 Å². The second kappa shape index (κ2) is 7.33. The van der Waals surface area contributed by atoms with Crippen LogP contribution >= 0.6 is 0 Å². The Morgan fingerprint density at radius 1 is 1.33 bits per heavy atom. The quantitative estimate of drug-likeness (QED) is 0.639. The Balaban J connectivity index is 2.16. The van der Waals surface area contributed by atoms with Gasteiger partial charge in [0.25, 0.3) is 0 Å². The molecule has 3 N–H and O–H groups in total. The molecule has 104 valence electrons. The summed E-state index contributed by atoms with van der Waals surface area (Å²) in [6.07, 6.45) is 2.41. The van der Waals surface area contributed by atoms with Crippen LogP contribution in [-0.2, 0) is 9.59 Å². The first-order chi connectivity index (χ1) is 8.49. The lowest BCUT2D eigenvalue weighted by Crippen LogP contribution is -2.46. The van der Waals surface area contributed by atoms with Crippen molar-refractivity contribution < 1.29 is 9.59 Å². The van der Waals surface area contributed by atoms with Gasteiger partial charge in [0.15, 0.2) is 0 Å². The molecular formula is C12H24N4O2. The number of piperidine rings is 1. The number of nitrogens with zero attached hydrogens (tertiary/aromatic N) is 2. The van der Waals surface area contributed by atoms with E-state index < -0.39 is 0 Å². The van der Waals surface area contributed by atoms with Crippen molar-refractivity contribution in [1.82, 2.24) is 15.1 Å². The lowest BCUT2D eigenvalue weighted by molar-refractivity contribution is -0.130. The van der Waals surface area contributed by atoms with E-state index in [-0.39, 0.29) is 11.8 Å². The molecule has 0 bridgehead atoms. The van der Waals surface area contributed by atoms with Crippen molar-refractivity contribution in [3.8, 4) is 0 Å². The van der Waals surface area contributed by atoms with Crippen LogP contribution in [0.2, 0.25) is 0 Å². The minimum Gasteiger partial charge on any atom is -0.370 e. The van der Waals surface area contributed by atoms with Crippen LogP contribution in [0.3, 0.4) is 0 Å². The van der Waals surface area contributed by atoms with Crippen LogP contribution in [0, 0.1) is 0 Å². The zero-order valence-electron chi connectivity index (χ0n) is 11.3. The fourth-order valence-corrected chi connectivity index (χ4v) is 2.03. The van der Waals surface area contributed by atoms with Crippen LogP contribution in [0.5, 0.6) is 0 Å². The Bertz CT molecular complexity index is 286. The van der Waals surface area contributed by atoms with E-state index in [2.05, 4.69) is 10.2 Å². The molecule has 18 heavy (non-hydrogen) atoms. The lowest BCUT2D eigenvalue weighted by atomic mass is 10.0. The average molecular weight is 256 g/mol. The van der Waals surface area contributed by atoms with E-state index in [4.69, 9.17) is 5.73 Å². The third kappa shape index (κ3) is 5.46. The van der Waals surface area contributed by atoms with Crippen LogP contribution in [0.1, 0.15) is 19.3 Å². The molecule has 1 fully saturated rings. The van der Waals surface area contributed by atoms with Crippen LogP contribution in [0.15, 0.2) is 0 Å². The molecule has 0 spiro atoms. The fourth-order valence-electron chi connectivity index (χ4n) is 2.03. The highest BCUT2D eigenvalue weighted by molar-refractivity contribution is 5.77. The predicted octanol–water partition coefficient (Wildman–Crippen LogP) is -0.996. The number of amides is 2. The Hall–Kier alpha value is -1.14. The summed E-state index contributed by atoms with van der Waals surface area (Å²) < 4.78 is 0. The summed E-state index contributed by atoms with van der Waals surface area (Å²) in [7, 11) is 3.56. The Morgan fingerprint density at radius 3 is 2.44 bits per heavy atom. The second-order valence-corrected chi connectivity index (χ2v) is 5.01. The van der Waals surface area contributed by atoms with Gasteiger partial charge in [-0.25, -0.2) is 0 Å². The van der Waals surface area contributed by atoms with Crippen molar-refractivity contribution in [2.45, 2.75) is 25.3 Å². The van der Waals surface area contributed by atoms with E-state index >= 15 is 0 Å². The molecule has 0 aromatic carbocycles. The summed E-state index contributed by atoms with van der Waals surface area (Å²) in [5, 5.41) is 3.33. The van der Waals surface area contributed by atoms with Crippen molar-refractivity contribution in [2.75, 3.05) is 40.3 Å². The SMILES string of the molecule is CN(C)C(=O)CN1CCC(NCCC(N)=O)CC1. The lowest BCUT2D eigenvalue weighted by Gasteiger charge is -2.32. The zero-order chi connectivity index (χ0) is 13.5. The minimum atomic E-state index is -0.267. The largest absolute Gasteiger partial charge is 0.370 e. The van der Waals surface area contributed by atoms with Crippen LogP contribution < -0.4 is 11.1 Å². The molecule has 0 radical (unpaired) electrons. The molecule has 1 rings (SSSR count). The zero-order valence-corrected chi connectivity index (χ0v) is 11.3. The van der Waals surface area contributed by atoms with Gasteiger partial charge in [-0.2, -0.15) is 0 Å². The highest BCUT2D eigenvalue weighted by Gasteiger charge is 2.20. The van der Waals surface area contributed by atoms with Crippen molar-refractivity contribution in [1.29, 1.82) is 0 Å². The molecule has 2 amide bonds. The molecule has 0 aliphatic carbocycles. The van der Waals surface area contributed by atoms with Gasteiger partial charge in [-0.15, -0.1) is 0 Å². The normalized spacial score (nSPS) is 17.7. The molecule has 0 unspecified atom stereocenters. The maximum atomic E-state index is 11.6. The maximum absolute atomic E-state index is 11.6. The van der Waals surface area contributed by atoms with Gasteiger partial charge in [0.1, 0.15) is 0 Å². The summed E-state index contributed by atoms with van der Waals surface area (Å²) in [6.45, 7) is 3.00. The molecule has 1 saturated heterocycles. The van der Waals surface area contributed by atoms with Gasteiger partial charge >= 0.3 is 0 Å². The van der Waals surface area contributed by atoms with Crippen LogP contribution in [0.25, 0.3) is 0 Å². The third-order valence-corrected chi connectivity index (χ3v) is 3.25. The van der Waals surface area contributed by atoms with E-state index in [1.165, 1.54) is 0 Å². The number of hydrogen-bond donors (Lipinski definition) is 2. The number of nitrogens with two attached hydrogens (primary N) is 1. The second-order valence-electron chi connectivity index (χ2n) is 5.01. The standard InChI is InChI=1S/C12H24N4O2/c1-15(2)12(18)9-16-7-4-10(5-8-16)14-6-3-11(13)17/h10,14H,3-9H2,1-2H3,(H2,13,17). The topological polar surface area (TPSA) is 78.7 Å². The van der Waals surface area contributed by atoms with E-state index in [1.54, 1.807) is 19.0 Å². The molecule has 1 aliphatic heterocycles. The summed E-state index contributed by atoms with van der Waals surface area (Å²) in [5.41, 5.74) is 5.08. The van der Waals surface area contributed by atoms with Gasteiger partial charge in [-0.05, 0) is 12.8 Å². The van der Waals surface area contributed by atoms with Crippen molar-refractivity contribution >= 4 is 11.8 Å². The average Bonchev–Trinajstić information content (AvgIpc) is 2.30. The number of hydrogen-bond acceptors (Lipinski definition) is 4. The van der Waals surface area contributed by atoms with Crippen LogP contribution in [0.4, 0.5) is 0 Å². The number of carbonyl (C=O) groups is 2. The number of nitrogens with one attached hydrogen (secondary N) is 1. The Labute approximate surface area is 108 Å². The highest BCUT2D eigenvalue weighted by atomic mass is 16.2. The molecular weight excluding hydrogens is 232 g/mol. The van der Waals surface area contributed by atoms with Crippen molar-refractivity contribution in [3.05, 3.63) is 0 Å². The predicted molar refractivity (Wildman–Crippen MR) is 70.0 cm³/mol. The first kappa shape index (κ1) is 14.9. The number of likely N-dealkylation sites (tertiary alicyclic amines) is 1. The molecule has 0 atom stereocenters. The highest BCUT2D eigenvalue weighted by Crippen LogP contribution is 2.10. The fraction of sp³-hybridized carbons (Fsp3) is 0.833. The minimum absolute atomic E-state index is 0.148. The Kier molecular flexibility index (Phi) is 6.07. The van der Waals surface area contributed by atoms with Gasteiger partial charge in [-0.1, -0.05) is 0 Å². The van der Waals surface area contributed by atoms with Gasteiger partial charge in [-0.3, -0.25) is 14.5 Å². The summed E-state index contributed by atoms with van der Waals surface area (Å²) in [4.78, 5) is 26.0.